The topological polar surface area (TPSA) is 50.2 Å². The highest BCUT2D eigenvalue weighted by molar-refractivity contribution is 9.10. The molecule has 14 heavy (non-hydrogen) atoms. The van der Waals surface area contributed by atoms with Crippen LogP contribution in [-0.4, -0.2) is 16.1 Å². The molecule has 0 aliphatic heterocycles. The van der Waals surface area contributed by atoms with E-state index in [0.717, 1.165) is 23.0 Å². The second-order valence-electron chi connectivity index (χ2n) is 3.73. The quantitative estimate of drug-likeness (QED) is 0.902. The third kappa shape index (κ3) is 1.80. The number of aliphatic carboxylic acids is 1. The van der Waals surface area contributed by atoms with Gasteiger partial charge in [0, 0.05) is 22.8 Å². The Morgan fingerprint density at radius 1 is 1.57 bits per heavy atom. The maximum Gasteiger partial charge on any atom is 0.310 e. The Balaban J connectivity index is 2.11. The molecule has 0 atom stereocenters. The van der Waals surface area contributed by atoms with Crippen molar-refractivity contribution in [2.45, 2.75) is 19.3 Å². The third-order valence-corrected chi connectivity index (χ3v) is 3.08. The average Bonchev–Trinajstić information content (AvgIpc) is 2.90. The van der Waals surface area contributed by atoms with Crippen molar-refractivity contribution in [2.75, 3.05) is 0 Å². The number of carboxylic acid groups (broad SMARTS) is 1. The Hall–Kier alpha value is -0.900. The number of hydrogen-bond donors (Lipinski definition) is 1. The predicted octanol–water partition coefficient (Wildman–Crippen LogP) is 2.25. The van der Waals surface area contributed by atoms with Gasteiger partial charge in [-0.3, -0.25) is 9.78 Å². The molecule has 1 saturated carbocycles. The molecule has 0 spiro atoms. The minimum Gasteiger partial charge on any atom is -0.481 e. The van der Waals surface area contributed by atoms with Crippen LogP contribution in [0, 0.1) is 5.41 Å². The first-order valence-corrected chi connectivity index (χ1v) is 5.26. The summed E-state index contributed by atoms with van der Waals surface area (Å²) in [6.45, 7) is 0. The normalized spacial score (nSPS) is 17.8. The van der Waals surface area contributed by atoms with Crippen molar-refractivity contribution in [1.82, 2.24) is 4.98 Å². The average molecular weight is 256 g/mol. The molecule has 4 heteroatoms. The molecule has 74 valence electrons. The zero-order valence-electron chi connectivity index (χ0n) is 7.53. The molecule has 0 unspecified atom stereocenters. The van der Waals surface area contributed by atoms with Crippen LogP contribution in [0.1, 0.15) is 18.5 Å². The lowest BCUT2D eigenvalue weighted by molar-refractivity contribution is -0.143. The van der Waals surface area contributed by atoms with Gasteiger partial charge in [-0.05, 0) is 40.9 Å². The Morgan fingerprint density at radius 2 is 2.29 bits per heavy atom. The van der Waals surface area contributed by atoms with Gasteiger partial charge >= 0.3 is 5.97 Å². The van der Waals surface area contributed by atoms with Crippen molar-refractivity contribution in [3.05, 3.63) is 28.5 Å². The smallest absolute Gasteiger partial charge is 0.310 e. The van der Waals surface area contributed by atoms with Crippen molar-refractivity contribution >= 4 is 21.9 Å². The van der Waals surface area contributed by atoms with E-state index < -0.39 is 11.4 Å². The summed E-state index contributed by atoms with van der Waals surface area (Å²) in [6.07, 6.45) is 3.81. The van der Waals surface area contributed by atoms with Gasteiger partial charge in [0.25, 0.3) is 0 Å². The lowest BCUT2D eigenvalue weighted by atomic mass is 10.0. The van der Waals surface area contributed by atoms with E-state index in [1.54, 1.807) is 6.20 Å². The van der Waals surface area contributed by atoms with Crippen LogP contribution in [-0.2, 0) is 11.2 Å². The molecular weight excluding hydrogens is 246 g/mol. The molecule has 0 aromatic carbocycles. The first kappa shape index (κ1) is 9.65. The molecule has 1 aromatic rings. The zero-order valence-corrected chi connectivity index (χ0v) is 9.12. The molecule has 2 rings (SSSR count). The van der Waals surface area contributed by atoms with Crippen LogP contribution in [0.15, 0.2) is 22.8 Å². The fourth-order valence-corrected chi connectivity index (χ4v) is 1.71. The number of carboxylic acids is 1. The van der Waals surface area contributed by atoms with Crippen LogP contribution >= 0.6 is 15.9 Å². The summed E-state index contributed by atoms with van der Waals surface area (Å²) >= 11 is 3.29. The van der Waals surface area contributed by atoms with Gasteiger partial charge in [-0.1, -0.05) is 0 Å². The summed E-state index contributed by atoms with van der Waals surface area (Å²) in [5.74, 6) is -0.692. The van der Waals surface area contributed by atoms with Gasteiger partial charge in [0.2, 0.25) is 0 Å². The minimum atomic E-state index is -0.692. The molecule has 1 aliphatic carbocycles. The minimum absolute atomic E-state index is 0.513. The number of halogens is 1. The van der Waals surface area contributed by atoms with Crippen LogP contribution in [0.2, 0.25) is 0 Å². The first-order chi connectivity index (χ1) is 6.62. The number of rotatable bonds is 3. The molecule has 1 N–H and O–H groups in total. The van der Waals surface area contributed by atoms with E-state index in [4.69, 9.17) is 5.11 Å². The standard InChI is InChI=1S/C10H10BrNO2/c11-7-1-2-8(12-6-7)5-10(3-4-10)9(13)14/h1-2,6H,3-5H2,(H,13,14). The predicted molar refractivity (Wildman–Crippen MR) is 54.9 cm³/mol. The number of hydrogen-bond acceptors (Lipinski definition) is 2. The maximum absolute atomic E-state index is 10.9. The van der Waals surface area contributed by atoms with Crippen molar-refractivity contribution in [3.8, 4) is 0 Å². The fourth-order valence-electron chi connectivity index (χ4n) is 1.47. The fraction of sp³-hybridized carbons (Fsp3) is 0.400. The first-order valence-electron chi connectivity index (χ1n) is 4.46. The lowest BCUT2D eigenvalue weighted by Crippen LogP contribution is -2.18. The number of aromatic nitrogens is 1. The second kappa shape index (κ2) is 3.35. The van der Waals surface area contributed by atoms with Crippen LogP contribution in [0.4, 0.5) is 0 Å². The molecule has 0 radical (unpaired) electrons. The van der Waals surface area contributed by atoms with E-state index in [9.17, 15) is 4.79 Å². The second-order valence-corrected chi connectivity index (χ2v) is 4.65. The van der Waals surface area contributed by atoms with Crippen molar-refractivity contribution in [3.63, 3.8) is 0 Å². The molecule has 0 amide bonds. The summed E-state index contributed by atoms with van der Waals surface area (Å²) in [5, 5.41) is 8.98. The molecule has 0 bridgehead atoms. The third-order valence-electron chi connectivity index (χ3n) is 2.62. The summed E-state index contributed by atoms with van der Waals surface area (Å²) in [6, 6.07) is 3.76. The van der Waals surface area contributed by atoms with E-state index >= 15 is 0 Å². The highest BCUT2D eigenvalue weighted by atomic mass is 79.9. The van der Waals surface area contributed by atoms with Gasteiger partial charge in [0.05, 0.1) is 5.41 Å². The summed E-state index contributed by atoms with van der Waals surface area (Å²) < 4.78 is 0.918. The van der Waals surface area contributed by atoms with Gasteiger partial charge in [0.1, 0.15) is 0 Å². The highest BCUT2D eigenvalue weighted by Gasteiger charge is 2.50. The van der Waals surface area contributed by atoms with E-state index in [0.29, 0.717) is 6.42 Å². The van der Waals surface area contributed by atoms with Crippen LogP contribution < -0.4 is 0 Å². The van der Waals surface area contributed by atoms with E-state index in [1.165, 1.54) is 0 Å². The maximum atomic E-state index is 10.9. The van der Waals surface area contributed by atoms with E-state index in [1.807, 2.05) is 12.1 Å². The number of carbonyl (C=O) groups is 1. The number of pyridine rings is 1. The van der Waals surface area contributed by atoms with Crippen LogP contribution in [0.5, 0.6) is 0 Å². The van der Waals surface area contributed by atoms with E-state index in [2.05, 4.69) is 20.9 Å². The molecule has 1 fully saturated rings. The van der Waals surface area contributed by atoms with Gasteiger partial charge in [0.15, 0.2) is 0 Å². The van der Waals surface area contributed by atoms with Gasteiger partial charge in [-0.25, -0.2) is 0 Å². The molecule has 0 saturated heterocycles. The summed E-state index contributed by atoms with van der Waals surface area (Å²) in [7, 11) is 0. The van der Waals surface area contributed by atoms with E-state index in [-0.39, 0.29) is 0 Å². The SMILES string of the molecule is O=C(O)C1(Cc2ccc(Br)cn2)CC1. The van der Waals surface area contributed by atoms with Crippen molar-refractivity contribution < 1.29 is 9.90 Å². The van der Waals surface area contributed by atoms with Gasteiger partial charge in [-0.2, -0.15) is 0 Å². The largest absolute Gasteiger partial charge is 0.481 e. The number of nitrogens with zero attached hydrogens (tertiary/aromatic N) is 1. The summed E-state index contributed by atoms with van der Waals surface area (Å²) in [4.78, 5) is 15.1. The Morgan fingerprint density at radius 3 is 2.71 bits per heavy atom. The Labute approximate surface area is 90.3 Å². The van der Waals surface area contributed by atoms with Crippen molar-refractivity contribution in [2.24, 2.45) is 5.41 Å². The van der Waals surface area contributed by atoms with Crippen molar-refractivity contribution in [1.29, 1.82) is 0 Å². The monoisotopic (exact) mass is 255 g/mol. The highest BCUT2D eigenvalue weighted by Crippen LogP contribution is 2.48. The van der Waals surface area contributed by atoms with Gasteiger partial charge < -0.3 is 5.11 Å². The zero-order chi connectivity index (χ0) is 10.2. The van der Waals surface area contributed by atoms with Gasteiger partial charge in [-0.15, -0.1) is 0 Å². The molecule has 1 heterocycles. The van der Waals surface area contributed by atoms with Crippen LogP contribution in [0.25, 0.3) is 0 Å². The molecule has 1 aliphatic rings. The summed E-state index contributed by atoms with van der Waals surface area (Å²) in [5.41, 5.74) is 0.342. The molecule has 1 aromatic heterocycles. The molecule has 3 nitrogen and oxygen atoms in total. The lowest BCUT2D eigenvalue weighted by Gasteiger charge is -2.08. The Kier molecular flexibility index (Phi) is 2.31. The molecular formula is C10H10BrNO2. The van der Waals surface area contributed by atoms with Crippen LogP contribution in [0.3, 0.4) is 0 Å². The Bertz CT molecular complexity index is 357.